The maximum Gasteiger partial charge on any atom is 0.251 e. The van der Waals surface area contributed by atoms with E-state index in [9.17, 15) is 14.4 Å². The van der Waals surface area contributed by atoms with Crippen LogP contribution in [0.4, 0.5) is 5.69 Å². The minimum atomic E-state index is -0.346. The zero-order chi connectivity index (χ0) is 16.1. The lowest BCUT2D eigenvalue weighted by Gasteiger charge is -2.10. The van der Waals surface area contributed by atoms with Crippen molar-refractivity contribution in [3.05, 3.63) is 29.8 Å². The Bertz CT molecular complexity index is 580. The summed E-state index contributed by atoms with van der Waals surface area (Å²) in [6.07, 6.45) is 1.86. The van der Waals surface area contributed by atoms with E-state index >= 15 is 0 Å². The summed E-state index contributed by atoms with van der Waals surface area (Å²) in [6, 6.07) is 6.72. The monoisotopic (exact) mass is 303 g/mol. The number of rotatable bonds is 6. The van der Waals surface area contributed by atoms with Crippen molar-refractivity contribution in [3.63, 3.8) is 0 Å². The maximum absolute atomic E-state index is 12.0. The number of hydrogen-bond acceptors (Lipinski definition) is 3. The van der Waals surface area contributed by atoms with Crippen LogP contribution in [-0.2, 0) is 9.59 Å². The lowest BCUT2D eigenvalue weighted by atomic mass is 10.2. The highest BCUT2D eigenvalue weighted by Gasteiger charge is 2.29. The van der Waals surface area contributed by atoms with Crippen LogP contribution in [0.2, 0.25) is 0 Å². The highest BCUT2D eigenvalue weighted by molar-refractivity contribution is 5.99. The fourth-order valence-electron chi connectivity index (χ4n) is 1.96. The summed E-state index contributed by atoms with van der Waals surface area (Å²) in [5.41, 5.74) is 1.00. The van der Waals surface area contributed by atoms with Crippen molar-refractivity contribution >= 4 is 23.4 Å². The lowest BCUT2D eigenvalue weighted by molar-refractivity contribution is -0.120. The Labute approximate surface area is 129 Å². The van der Waals surface area contributed by atoms with Gasteiger partial charge in [0.25, 0.3) is 5.91 Å². The first kappa shape index (κ1) is 16.0. The zero-order valence-corrected chi connectivity index (χ0v) is 12.8. The normalized spacial score (nSPS) is 13.6. The molecule has 0 aliphatic heterocycles. The molecule has 118 valence electrons. The standard InChI is InChI=1S/C16H21N3O3/c1-10(2)18-14(20)9-17-15(21)12-4-3-5-13(8-12)19-16(22)11-6-7-11/h3-5,8,10-11H,6-7,9H2,1-2H3,(H,17,21)(H,18,20)(H,19,22). The maximum atomic E-state index is 12.0. The first-order valence-corrected chi connectivity index (χ1v) is 7.44. The number of anilines is 1. The topological polar surface area (TPSA) is 87.3 Å². The van der Waals surface area contributed by atoms with Crippen LogP contribution in [0.25, 0.3) is 0 Å². The number of nitrogens with one attached hydrogen (secondary N) is 3. The molecule has 0 spiro atoms. The number of amides is 3. The van der Waals surface area contributed by atoms with Crippen molar-refractivity contribution in [1.29, 1.82) is 0 Å². The largest absolute Gasteiger partial charge is 0.352 e. The van der Waals surface area contributed by atoms with E-state index in [-0.39, 0.29) is 36.2 Å². The molecule has 1 fully saturated rings. The van der Waals surface area contributed by atoms with Gasteiger partial charge < -0.3 is 16.0 Å². The van der Waals surface area contributed by atoms with Gasteiger partial charge in [-0.05, 0) is 44.9 Å². The van der Waals surface area contributed by atoms with Crippen LogP contribution in [0.3, 0.4) is 0 Å². The molecule has 0 aromatic heterocycles. The second-order valence-electron chi connectivity index (χ2n) is 5.75. The van der Waals surface area contributed by atoms with Gasteiger partial charge in [-0.1, -0.05) is 6.07 Å². The molecule has 3 N–H and O–H groups in total. The van der Waals surface area contributed by atoms with Gasteiger partial charge in [0, 0.05) is 23.2 Å². The quantitative estimate of drug-likeness (QED) is 0.740. The third-order valence-electron chi connectivity index (χ3n) is 3.20. The Hall–Kier alpha value is -2.37. The summed E-state index contributed by atoms with van der Waals surface area (Å²) < 4.78 is 0. The summed E-state index contributed by atoms with van der Waals surface area (Å²) >= 11 is 0. The van der Waals surface area contributed by atoms with Gasteiger partial charge >= 0.3 is 0 Å². The highest BCUT2D eigenvalue weighted by atomic mass is 16.2. The van der Waals surface area contributed by atoms with Crippen molar-refractivity contribution in [2.45, 2.75) is 32.7 Å². The van der Waals surface area contributed by atoms with Crippen molar-refractivity contribution in [2.75, 3.05) is 11.9 Å². The molecule has 6 heteroatoms. The molecule has 0 saturated heterocycles. The van der Waals surface area contributed by atoms with E-state index in [0.717, 1.165) is 12.8 Å². The smallest absolute Gasteiger partial charge is 0.251 e. The summed E-state index contributed by atoms with van der Waals surface area (Å²) in [5, 5.41) is 8.04. The Morgan fingerprint density at radius 3 is 2.59 bits per heavy atom. The average molecular weight is 303 g/mol. The fourth-order valence-corrected chi connectivity index (χ4v) is 1.96. The lowest BCUT2D eigenvalue weighted by Crippen LogP contribution is -2.39. The summed E-state index contributed by atoms with van der Waals surface area (Å²) in [5.74, 6) is -0.478. The average Bonchev–Trinajstić information content (AvgIpc) is 3.29. The predicted octanol–water partition coefficient (Wildman–Crippen LogP) is 1.29. The van der Waals surface area contributed by atoms with Crippen LogP contribution in [0.15, 0.2) is 24.3 Å². The molecule has 22 heavy (non-hydrogen) atoms. The van der Waals surface area contributed by atoms with Crippen molar-refractivity contribution in [2.24, 2.45) is 5.92 Å². The van der Waals surface area contributed by atoms with E-state index in [1.807, 2.05) is 13.8 Å². The van der Waals surface area contributed by atoms with Gasteiger partial charge in [-0.25, -0.2) is 0 Å². The van der Waals surface area contributed by atoms with Crippen LogP contribution in [0, 0.1) is 5.92 Å². The predicted molar refractivity (Wildman–Crippen MR) is 83.4 cm³/mol. The molecule has 0 bridgehead atoms. The van der Waals surface area contributed by atoms with Crippen molar-refractivity contribution in [3.8, 4) is 0 Å². The molecule has 1 saturated carbocycles. The number of hydrogen-bond donors (Lipinski definition) is 3. The van der Waals surface area contributed by atoms with Gasteiger partial charge in [-0.2, -0.15) is 0 Å². The van der Waals surface area contributed by atoms with Crippen LogP contribution < -0.4 is 16.0 Å². The SMILES string of the molecule is CC(C)NC(=O)CNC(=O)c1cccc(NC(=O)C2CC2)c1. The van der Waals surface area contributed by atoms with Crippen LogP contribution >= 0.6 is 0 Å². The van der Waals surface area contributed by atoms with Crippen LogP contribution in [-0.4, -0.2) is 30.3 Å². The van der Waals surface area contributed by atoms with Crippen molar-refractivity contribution in [1.82, 2.24) is 10.6 Å². The van der Waals surface area contributed by atoms with Gasteiger partial charge in [-0.3, -0.25) is 14.4 Å². The highest BCUT2D eigenvalue weighted by Crippen LogP contribution is 2.30. The molecule has 0 heterocycles. The van der Waals surface area contributed by atoms with E-state index in [2.05, 4.69) is 16.0 Å². The first-order valence-electron chi connectivity index (χ1n) is 7.44. The van der Waals surface area contributed by atoms with E-state index in [4.69, 9.17) is 0 Å². The van der Waals surface area contributed by atoms with Gasteiger partial charge in [-0.15, -0.1) is 0 Å². The molecular formula is C16H21N3O3. The van der Waals surface area contributed by atoms with E-state index < -0.39 is 0 Å². The van der Waals surface area contributed by atoms with Crippen molar-refractivity contribution < 1.29 is 14.4 Å². The first-order chi connectivity index (χ1) is 10.5. The molecular weight excluding hydrogens is 282 g/mol. The van der Waals surface area contributed by atoms with Gasteiger partial charge in [0.2, 0.25) is 11.8 Å². The fraction of sp³-hybridized carbons (Fsp3) is 0.438. The molecule has 1 aliphatic rings. The third kappa shape index (κ3) is 4.87. The third-order valence-corrected chi connectivity index (χ3v) is 3.20. The Kier molecular flexibility index (Phi) is 5.14. The molecule has 0 radical (unpaired) electrons. The number of benzene rings is 1. The second kappa shape index (κ2) is 7.06. The molecule has 1 aromatic rings. The van der Waals surface area contributed by atoms with E-state index in [1.165, 1.54) is 0 Å². The summed E-state index contributed by atoms with van der Waals surface area (Å²) in [7, 11) is 0. The van der Waals surface area contributed by atoms with Crippen LogP contribution in [0.5, 0.6) is 0 Å². The minimum absolute atomic E-state index is 0.00568. The number of carbonyl (C=O) groups excluding carboxylic acids is 3. The molecule has 1 aliphatic carbocycles. The number of carbonyl (C=O) groups is 3. The summed E-state index contributed by atoms with van der Waals surface area (Å²) in [4.78, 5) is 35.2. The Morgan fingerprint density at radius 1 is 1.23 bits per heavy atom. The molecule has 1 aromatic carbocycles. The Morgan fingerprint density at radius 2 is 1.95 bits per heavy atom. The Balaban J connectivity index is 1.89. The van der Waals surface area contributed by atoms with E-state index in [0.29, 0.717) is 11.3 Å². The van der Waals surface area contributed by atoms with E-state index in [1.54, 1.807) is 24.3 Å². The molecule has 0 atom stereocenters. The molecule has 6 nitrogen and oxygen atoms in total. The second-order valence-corrected chi connectivity index (χ2v) is 5.75. The molecule has 3 amide bonds. The minimum Gasteiger partial charge on any atom is -0.352 e. The van der Waals surface area contributed by atoms with Gasteiger partial charge in [0.1, 0.15) is 0 Å². The van der Waals surface area contributed by atoms with Crippen LogP contribution in [0.1, 0.15) is 37.0 Å². The summed E-state index contributed by atoms with van der Waals surface area (Å²) in [6.45, 7) is 3.63. The zero-order valence-electron chi connectivity index (χ0n) is 12.8. The van der Waals surface area contributed by atoms with Gasteiger partial charge in [0.05, 0.1) is 6.54 Å². The van der Waals surface area contributed by atoms with Gasteiger partial charge in [0.15, 0.2) is 0 Å². The molecule has 2 rings (SSSR count). The molecule has 0 unspecified atom stereocenters.